The van der Waals surface area contributed by atoms with E-state index in [4.69, 9.17) is 22.1 Å². The molecule has 1 unspecified atom stereocenters. The van der Waals surface area contributed by atoms with Gasteiger partial charge in [0.15, 0.2) is 0 Å². The van der Waals surface area contributed by atoms with Gasteiger partial charge in [-0.05, 0) is 24.6 Å². The van der Waals surface area contributed by atoms with Crippen LogP contribution in [0.5, 0.6) is 5.75 Å². The number of nitrogens with two attached hydrogens (primary N) is 1. The fourth-order valence-corrected chi connectivity index (χ4v) is 3.01. The van der Waals surface area contributed by atoms with Crippen LogP contribution in [0.15, 0.2) is 12.1 Å². The van der Waals surface area contributed by atoms with E-state index in [0.29, 0.717) is 12.5 Å². The number of nitrogens with zero attached hydrogens (tertiary/aromatic N) is 1. The van der Waals surface area contributed by atoms with Gasteiger partial charge in [0.1, 0.15) is 5.75 Å². The molecule has 1 aromatic carbocycles. The van der Waals surface area contributed by atoms with Crippen molar-refractivity contribution < 1.29 is 4.74 Å². The van der Waals surface area contributed by atoms with Gasteiger partial charge in [-0.25, -0.2) is 0 Å². The first kappa shape index (κ1) is 13.2. The zero-order chi connectivity index (χ0) is 13.4. The quantitative estimate of drug-likeness (QED) is 0.927. The number of hydrogen-bond acceptors (Lipinski definition) is 2. The molecule has 0 saturated carbocycles. The molecule has 3 nitrogen and oxygen atoms in total. The van der Waals surface area contributed by atoms with E-state index < -0.39 is 0 Å². The van der Waals surface area contributed by atoms with Crippen molar-refractivity contribution in [2.45, 2.75) is 19.8 Å². The van der Waals surface area contributed by atoms with Crippen LogP contribution in [0.4, 0.5) is 0 Å². The second kappa shape index (κ2) is 4.82. The third-order valence-corrected chi connectivity index (χ3v) is 3.90. The highest BCUT2D eigenvalue weighted by molar-refractivity contribution is 6.36. The standard InChI is InChI=1S/C14H19ClN2O/c1-8(7-16)13-9(2)12-10(15)5-6-11(18-4)14(12)17(13)3/h5-6,8H,7,16H2,1-4H3. The van der Waals surface area contributed by atoms with Crippen molar-refractivity contribution in [2.24, 2.45) is 12.8 Å². The molecule has 1 atom stereocenters. The molecule has 2 aromatic rings. The van der Waals surface area contributed by atoms with Crippen molar-refractivity contribution in [1.82, 2.24) is 4.57 Å². The Balaban J connectivity index is 2.88. The zero-order valence-corrected chi connectivity index (χ0v) is 12.0. The van der Waals surface area contributed by atoms with E-state index in [2.05, 4.69) is 18.4 Å². The van der Waals surface area contributed by atoms with E-state index in [1.807, 2.05) is 19.2 Å². The molecule has 1 aromatic heterocycles. The van der Waals surface area contributed by atoms with Crippen LogP contribution in [0.25, 0.3) is 10.9 Å². The second-order valence-corrected chi connectivity index (χ2v) is 5.09. The van der Waals surface area contributed by atoms with Gasteiger partial charge in [-0.1, -0.05) is 18.5 Å². The van der Waals surface area contributed by atoms with Crippen molar-refractivity contribution in [2.75, 3.05) is 13.7 Å². The Kier molecular flexibility index (Phi) is 3.55. The van der Waals surface area contributed by atoms with Crippen LogP contribution in [-0.4, -0.2) is 18.2 Å². The van der Waals surface area contributed by atoms with E-state index in [1.165, 1.54) is 11.3 Å². The number of benzene rings is 1. The number of hydrogen-bond donors (Lipinski definition) is 1. The summed E-state index contributed by atoms with van der Waals surface area (Å²) in [6.45, 7) is 4.83. The molecule has 0 bridgehead atoms. The van der Waals surface area contributed by atoms with Crippen LogP contribution in [0.3, 0.4) is 0 Å². The highest BCUT2D eigenvalue weighted by Gasteiger charge is 2.20. The summed E-state index contributed by atoms with van der Waals surface area (Å²) in [4.78, 5) is 0. The molecule has 2 N–H and O–H groups in total. The summed E-state index contributed by atoms with van der Waals surface area (Å²) in [6.07, 6.45) is 0. The largest absolute Gasteiger partial charge is 0.495 e. The number of ether oxygens (including phenoxy) is 1. The fraction of sp³-hybridized carbons (Fsp3) is 0.429. The highest BCUT2D eigenvalue weighted by Crippen LogP contribution is 2.38. The summed E-state index contributed by atoms with van der Waals surface area (Å²) in [6, 6.07) is 3.79. The molecule has 0 fully saturated rings. The number of fused-ring (bicyclic) bond motifs is 1. The van der Waals surface area contributed by atoms with Crippen molar-refractivity contribution in [3.05, 3.63) is 28.4 Å². The molecule has 4 heteroatoms. The van der Waals surface area contributed by atoms with Crippen LogP contribution in [0, 0.1) is 6.92 Å². The number of halogens is 1. The predicted molar refractivity (Wildman–Crippen MR) is 76.7 cm³/mol. The van der Waals surface area contributed by atoms with Gasteiger partial charge in [0, 0.05) is 30.6 Å². The lowest BCUT2D eigenvalue weighted by Crippen LogP contribution is -2.13. The molecule has 98 valence electrons. The van der Waals surface area contributed by atoms with Crippen LogP contribution in [0.2, 0.25) is 5.02 Å². The Bertz CT molecular complexity index is 589. The van der Waals surface area contributed by atoms with Gasteiger partial charge in [0.25, 0.3) is 0 Å². The lowest BCUT2D eigenvalue weighted by atomic mass is 10.0. The second-order valence-electron chi connectivity index (χ2n) is 4.68. The molecule has 0 aliphatic heterocycles. The van der Waals surface area contributed by atoms with Crippen LogP contribution >= 0.6 is 11.6 Å². The van der Waals surface area contributed by atoms with E-state index in [1.54, 1.807) is 7.11 Å². The Morgan fingerprint density at radius 2 is 2.11 bits per heavy atom. The van der Waals surface area contributed by atoms with Gasteiger partial charge < -0.3 is 15.0 Å². The smallest absolute Gasteiger partial charge is 0.143 e. The Morgan fingerprint density at radius 3 is 2.67 bits per heavy atom. The third kappa shape index (κ3) is 1.78. The fourth-order valence-electron chi connectivity index (χ4n) is 2.71. The molecule has 0 aliphatic carbocycles. The zero-order valence-electron chi connectivity index (χ0n) is 11.2. The van der Waals surface area contributed by atoms with Crippen molar-refractivity contribution in [3.63, 3.8) is 0 Å². The molecule has 1 heterocycles. The van der Waals surface area contributed by atoms with Gasteiger partial charge in [-0.3, -0.25) is 0 Å². The molecule has 0 aliphatic rings. The van der Waals surface area contributed by atoms with Crippen molar-refractivity contribution in [3.8, 4) is 5.75 Å². The molecule has 2 rings (SSSR count). The third-order valence-electron chi connectivity index (χ3n) is 3.59. The maximum Gasteiger partial charge on any atom is 0.143 e. The first-order chi connectivity index (χ1) is 8.52. The minimum Gasteiger partial charge on any atom is -0.495 e. The van der Waals surface area contributed by atoms with Gasteiger partial charge in [-0.15, -0.1) is 0 Å². The van der Waals surface area contributed by atoms with Crippen LogP contribution in [0.1, 0.15) is 24.1 Å². The first-order valence-electron chi connectivity index (χ1n) is 6.04. The Labute approximate surface area is 112 Å². The molecule has 0 saturated heterocycles. The summed E-state index contributed by atoms with van der Waals surface area (Å²) in [5.74, 6) is 1.14. The number of aromatic nitrogens is 1. The highest BCUT2D eigenvalue weighted by atomic mass is 35.5. The number of aryl methyl sites for hydroxylation is 2. The number of rotatable bonds is 3. The van der Waals surface area contributed by atoms with Gasteiger partial charge in [-0.2, -0.15) is 0 Å². The normalized spacial score (nSPS) is 13.0. The molecule has 0 amide bonds. The van der Waals surface area contributed by atoms with Crippen molar-refractivity contribution in [1.29, 1.82) is 0 Å². The Morgan fingerprint density at radius 1 is 1.44 bits per heavy atom. The minimum atomic E-state index is 0.295. The molecule has 0 radical (unpaired) electrons. The lowest BCUT2D eigenvalue weighted by Gasteiger charge is -2.12. The predicted octanol–water partition coefficient (Wildman–Crippen LogP) is 3.21. The van der Waals surface area contributed by atoms with E-state index >= 15 is 0 Å². The maximum atomic E-state index is 6.32. The van der Waals surface area contributed by atoms with E-state index in [9.17, 15) is 0 Å². The van der Waals surface area contributed by atoms with Gasteiger partial charge in [0.05, 0.1) is 17.6 Å². The van der Waals surface area contributed by atoms with Crippen LogP contribution < -0.4 is 10.5 Å². The SMILES string of the molecule is COc1ccc(Cl)c2c(C)c(C(C)CN)n(C)c12. The van der Waals surface area contributed by atoms with Crippen molar-refractivity contribution >= 4 is 22.5 Å². The minimum absolute atomic E-state index is 0.295. The topological polar surface area (TPSA) is 40.2 Å². The first-order valence-corrected chi connectivity index (χ1v) is 6.42. The van der Waals surface area contributed by atoms with E-state index in [0.717, 1.165) is 21.7 Å². The summed E-state index contributed by atoms with van der Waals surface area (Å²) in [5, 5.41) is 1.82. The number of methoxy groups -OCH3 is 1. The Hall–Kier alpha value is -1.19. The summed E-state index contributed by atoms with van der Waals surface area (Å²) < 4.78 is 7.58. The summed E-state index contributed by atoms with van der Waals surface area (Å²) in [7, 11) is 3.72. The molecule has 0 spiro atoms. The monoisotopic (exact) mass is 266 g/mol. The molecule has 18 heavy (non-hydrogen) atoms. The molecular formula is C14H19ClN2O. The molecular weight excluding hydrogens is 248 g/mol. The van der Waals surface area contributed by atoms with Gasteiger partial charge >= 0.3 is 0 Å². The average Bonchev–Trinajstić information content (AvgIpc) is 2.63. The lowest BCUT2D eigenvalue weighted by molar-refractivity contribution is 0.417. The van der Waals surface area contributed by atoms with Gasteiger partial charge in [0.2, 0.25) is 0 Å². The summed E-state index contributed by atoms with van der Waals surface area (Å²) >= 11 is 6.32. The van der Waals surface area contributed by atoms with E-state index in [-0.39, 0.29) is 0 Å². The average molecular weight is 267 g/mol. The van der Waals surface area contributed by atoms with Crippen LogP contribution in [-0.2, 0) is 7.05 Å². The maximum absolute atomic E-state index is 6.32. The summed E-state index contributed by atoms with van der Waals surface area (Å²) in [5.41, 5.74) is 9.24.